The molecule has 1 radical (unpaired) electrons. The third kappa shape index (κ3) is 1.96. The van der Waals surface area contributed by atoms with Crippen LogP contribution in [0, 0.1) is 30.3 Å². The van der Waals surface area contributed by atoms with Gasteiger partial charge < -0.3 is 5.11 Å². The molecule has 0 aromatic heterocycles. The van der Waals surface area contributed by atoms with Crippen LogP contribution in [0.15, 0.2) is 12.3 Å². The number of aliphatic carboxylic acids is 1. The summed E-state index contributed by atoms with van der Waals surface area (Å²) in [5.41, 5.74) is -3.34. The van der Waals surface area contributed by atoms with Crippen molar-refractivity contribution >= 4 is 5.97 Å². The predicted molar refractivity (Wildman–Crippen MR) is 44.2 cm³/mol. The van der Waals surface area contributed by atoms with Gasteiger partial charge in [0.15, 0.2) is 10.1 Å². The van der Waals surface area contributed by atoms with Gasteiger partial charge in [-0.25, -0.2) is 25.0 Å². The van der Waals surface area contributed by atoms with Crippen molar-refractivity contribution in [2.75, 3.05) is 0 Å². The molecule has 0 saturated heterocycles. The SMILES string of the molecule is O=C(O)C1([N+](=O)[O-])C=CN([N+](=O)[O-])N1[N+](=O)[O-].[Ag]. The van der Waals surface area contributed by atoms with Crippen LogP contribution in [-0.4, -0.2) is 42.0 Å². The Morgan fingerprint density at radius 2 is 1.67 bits per heavy atom. The molecule has 1 aliphatic heterocycles. The van der Waals surface area contributed by atoms with Crippen LogP contribution in [0.25, 0.3) is 0 Å². The van der Waals surface area contributed by atoms with Gasteiger partial charge >= 0.3 is 11.6 Å². The molecule has 1 N–H and O–H groups in total. The average molecular weight is 357 g/mol. The monoisotopic (exact) mass is 356 g/mol. The van der Waals surface area contributed by atoms with Crippen molar-refractivity contribution in [3.05, 3.63) is 42.6 Å². The molecule has 103 valence electrons. The molecule has 0 saturated carbocycles. The van der Waals surface area contributed by atoms with Gasteiger partial charge in [0.05, 0.1) is 16.1 Å². The van der Waals surface area contributed by atoms with E-state index >= 15 is 0 Å². The van der Waals surface area contributed by atoms with Crippen LogP contribution in [0.1, 0.15) is 0 Å². The standard InChI is InChI=1S/C4H3N5O8.Ag/c10-3(11)4(7(12)13)1-2-5(8(14)15)6(4)9(16)17;/h1-2H,(H,10,11);. The van der Waals surface area contributed by atoms with E-state index in [0.717, 1.165) is 0 Å². The second-order valence-corrected chi connectivity index (χ2v) is 2.69. The molecule has 0 spiro atoms. The molecule has 14 heteroatoms. The number of hydrogen-bond donors (Lipinski definition) is 1. The maximum Gasteiger partial charge on any atom is 0.486 e. The molecule has 0 aliphatic carbocycles. The molecular formula is C4H3AgN5O8. The summed E-state index contributed by atoms with van der Waals surface area (Å²) < 4.78 is 0. The van der Waals surface area contributed by atoms with Gasteiger partial charge in [0.25, 0.3) is 0 Å². The summed E-state index contributed by atoms with van der Waals surface area (Å²) in [7, 11) is 0. The van der Waals surface area contributed by atoms with E-state index in [1.165, 1.54) is 0 Å². The maximum atomic E-state index is 10.8. The van der Waals surface area contributed by atoms with Gasteiger partial charge in [-0.15, -0.1) is 0 Å². The first-order valence-corrected chi connectivity index (χ1v) is 3.70. The summed E-state index contributed by atoms with van der Waals surface area (Å²) in [5, 5.41) is 36.2. The van der Waals surface area contributed by atoms with Crippen molar-refractivity contribution in [3.63, 3.8) is 0 Å². The zero-order valence-electron chi connectivity index (χ0n) is 8.00. The van der Waals surface area contributed by atoms with E-state index in [9.17, 15) is 35.1 Å². The zero-order chi connectivity index (χ0) is 13.4. The molecule has 0 amide bonds. The fourth-order valence-electron chi connectivity index (χ4n) is 1.15. The van der Waals surface area contributed by atoms with E-state index in [1.807, 2.05) is 0 Å². The van der Waals surface area contributed by atoms with Gasteiger partial charge in [-0.3, -0.25) is 10.1 Å². The Morgan fingerprint density at radius 3 is 1.94 bits per heavy atom. The predicted octanol–water partition coefficient (Wildman–Crippen LogP) is -1.53. The van der Waals surface area contributed by atoms with E-state index in [0.29, 0.717) is 6.20 Å². The Labute approximate surface area is 112 Å². The van der Waals surface area contributed by atoms with Crippen LogP contribution in [-0.2, 0) is 27.2 Å². The van der Waals surface area contributed by atoms with Crippen molar-refractivity contribution in [2.24, 2.45) is 0 Å². The van der Waals surface area contributed by atoms with Crippen molar-refractivity contribution in [2.45, 2.75) is 5.66 Å². The molecule has 0 aromatic rings. The van der Waals surface area contributed by atoms with Crippen LogP contribution in [0.5, 0.6) is 0 Å². The minimum Gasteiger partial charge on any atom is -0.474 e. The van der Waals surface area contributed by atoms with Crippen LogP contribution < -0.4 is 0 Å². The van der Waals surface area contributed by atoms with Gasteiger partial charge in [-0.2, -0.15) is 0 Å². The quantitative estimate of drug-likeness (QED) is 0.353. The number of carbonyl (C=O) groups is 1. The summed E-state index contributed by atoms with van der Waals surface area (Å²) in [6.45, 7) is 0. The molecule has 0 fully saturated rings. The number of nitrogens with zero attached hydrogens (tertiary/aromatic N) is 5. The normalized spacial score (nSPS) is 21.3. The molecule has 0 bridgehead atoms. The Morgan fingerprint density at radius 1 is 1.17 bits per heavy atom. The van der Waals surface area contributed by atoms with E-state index in [-0.39, 0.29) is 28.5 Å². The topological polar surface area (TPSA) is 173 Å². The molecule has 13 nitrogen and oxygen atoms in total. The number of hydrazine groups is 3. The van der Waals surface area contributed by atoms with Crippen molar-refractivity contribution in [3.8, 4) is 0 Å². The Balaban J connectivity index is 0.00000289. The number of rotatable bonds is 4. The molecule has 1 aliphatic rings. The second-order valence-electron chi connectivity index (χ2n) is 2.69. The van der Waals surface area contributed by atoms with Gasteiger partial charge in [-0.1, -0.05) is 0 Å². The first-order chi connectivity index (χ1) is 7.75. The number of carboxylic acids is 1. The van der Waals surface area contributed by atoms with E-state index in [4.69, 9.17) is 5.11 Å². The number of hydrogen-bond acceptors (Lipinski definition) is 7. The molecule has 0 aromatic carbocycles. The molecule has 1 rings (SSSR count). The summed E-state index contributed by atoms with van der Waals surface area (Å²) in [5.74, 6) is -2.22. The molecule has 1 atom stereocenters. The van der Waals surface area contributed by atoms with Gasteiger partial charge in [0.2, 0.25) is 0 Å². The summed E-state index contributed by atoms with van der Waals surface area (Å²) in [6, 6.07) is 0. The Hall–Kier alpha value is -2.25. The average Bonchev–Trinajstić information content (AvgIpc) is 2.57. The first-order valence-electron chi connectivity index (χ1n) is 3.70. The minimum absolute atomic E-state index is 0. The largest absolute Gasteiger partial charge is 0.486 e. The van der Waals surface area contributed by atoms with E-state index in [2.05, 4.69) is 0 Å². The summed E-state index contributed by atoms with van der Waals surface area (Å²) in [4.78, 5) is 40.8. The fourth-order valence-corrected chi connectivity index (χ4v) is 1.15. The van der Waals surface area contributed by atoms with Crippen LogP contribution in [0.2, 0.25) is 0 Å². The number of carboxylic acid groups (broad SMARTS) is 1. The molecule has 1 unspecified atom stereocenters. The third-order valence-electron chi connectivity index (χ3n) is 1.85. The fraction of sp³-hybridized carbons (Fsp3) is 0.250. The van der Waals surface area contributed by atoms with Crippen molar-refractivity contribution < 1.29 is 47.3 Å². The smallest absolute Gasteiger partial charge is 0.474 e. The Kier molecular flexibility index (Phi) is 4.33. The summed E-state index contributed by atoms with van der Waals surface area (Å²) in [6.07, 6.45) is 0.556. The summed E-state index contributed by atoms with van der Waals surface area (Å²) >= 11 is 0. The van der Waals surface area contributed by atoms with Crippen LogP contribution in [0.4, 0.5) is 0 Å². The zero-order valence-corrected chi connectivity index (χ0v) is 9.48. The van der Waals surface area contributed by atoms with Crippen molar-refractivity contribution in [1.29, 1.82) is 0 Å². The first kappa shape index (κ1) is 15.8. The van der Waals surface area contributed by atoms with Gasteiger partial charge in [0.1, 0.15) is 11.3 Å². The maximum absolute atomic E-state index is 10.8. The van der Waals surface area contributed by atoms with Crippen LogP contribution in [0.3, 0.4) is 0 Å². The van der Waals surface area contributed by atoms with Crippen molar-refractivity contribution in [1.82, 2.24) is 10.2 Å². The molecular weight excluding hydrogens is 354 g/mol. The van der Waals surface area contributed by atoms with E-state index < -0.39 is 36.9 Å². The Bertz CT molecular complexity index is 435. The van der Waals surface area contributed by atoms with E-state index in [1.54, 1.807) is 0 Å². The van der Waals surface area contributed by atoms with Gasteiger partial charge in [0, 0.05) is 22.4 Å². The minimum atomic E-state index is -3.34. The number of nitro groups is 3. The molecule has 1 heterocycles. The second kappa shape index (κ2) is 4.94. The third-order valence-corrected chi connectivity index (χ3v) is 1.85. The van der Waals surface area contributed by atoms with Gasteiger partial charge in [-0.05, 0) is 0 Å². The van der Waals surface area contributed by atoms with Crippen LogP contribution >= 0.6 is 0 Å². The molecule has 18 heavy (non-hydrogen) atoms.